The number of ether oxygens (including phenoxy) is 2. The number of benzene rings is 2. The first-order chi connectivity index (χ1) is 22.1. The standard InChI is InChI=1S/C38H58N4O4/c1-29-23-30(2)26-41(25-29)18-7-21-45-36-15-11-34(12-16-36)38(44)40(6)20-17-32-24-31(3)27-42(28-32)19-8-22-46-35-13-9-33(10-14-35)37(43)39(4)5/h9-16,29-32H,7-8,17-28H2,1-6H3/t29-,30+,31-,32-/m0/s1. The van der Waals surface area contributed by atoms with Gasteiger partial charge in [0.2, 0.25) is 0 Å². The molecule has 0 spiro atoms. The Kier molecular flexibility index (Phi) is 13.8. The summed E-state index contributed by atoms with van der Waals surface area (Å²) in [4.78, 5) is 33.8. The third-order valence-electron chi connectivity index (χ3n) is 9.37. The molecule has 2 aliphatic heterocycles. The molecule has 2 saturated heterocycles. The lowest BCUT2D eigenvalue weighted by atomic mass is 9.88. The second-order valence-electron chi connectivity index (χ2n) is 14.3. The highest BCUT2D eigenvalue weighted by atomic mass is 16.5. The molecule has 2 aromatic carbocycles. The first-order valence-corrected chi connectivity index (χ1v) is 17.4. The summed E-state index contributed by atoms with van der Waals surface area (Å²) in [6, 6.07) is 15.0. The Bertz CT molecular complexity index is 1210. The van der Waals surface area contributed by atoms with E-state index in [0.717, 1.165) is 75.3 Å². The number of nitrogens with zero attached hydrogens (tertiary/aromatic N) is 4. The molecule has 0 saturated carbocycles. The summed E-state index contributed by atoms with van der Waals surface area (Å²) >= 11 is 0. The van der Waals surface area contributed by atoms with E-state index in [1.165, 1.54) is 25.9 Å². The van der Waals surface area contributed by atoms with E-state index in [-0.39, 0.29) is 11.8 Å². The molecule has 0 N–H and O–H groups in total. The molecule has 46 heavy (non-hydrogen) atoms. The Hall–Kier alpha value is -3.10. The first kappa shape index (κ1) is 35.7. The number of hydrogen-bond acceptors (Lipinski definition) is 6. The van der Waals surface area contributed by atoms with E-state index in [4.69, 9.17) is 9.47 Å². The molecule has 0 aliphatic carbocycles. The van der Waals surface area contributed by atoms with Crippen molar-refractivity contribution in [1.82, 2.24) is 19.6 Å². The minimum atomic E-state index is -0.00589. The molecule has 254 valence electrons. The Balaban J connectivity index is 1.12. The Morgan fingerprint density at radius 1 is 0.674 bits per heavy atom. The zero-order chi connectivity index (χ0) is 33.1. The van der Waals surface area contributed by atoms with E-state index < -0.39 is 0 Å². The lowest BCUT2D eigenvalue weighted by Gasteiger charge is -2.37. The van der Waals surface area contributed by atoms with Crippen molar-refractivity contribution in [1.29, 1.82) is 0 Å². The van der Waals surface area contributed by atoms with Crippen LogP contribution >= 0.6 is 0 Å². The van der Waals surface area contributed by atoms with Crippen molar-refractivity contribution < 1.29 is 19.1 Å². The summed E-state index contributed by atoms with van der Waals surface area (Å²) in [6.45, 7) is 15.8. The minimum Gasteiger partial charge on any atom is -0.494 e. The Labute approximate surface area is 278 Å². The molecule has 0 unspecified atom stereocenters. The molecule has 8 heteroatoms. The second-order valence-corrected chi connectivity index (χ2v) is 14.3. The van der Waals surface area contributed by atoms with E-state index in [1.54, 1.807) is 19.0 Å². The molecule has 2 aliphatic rings. The van der Waals surface area contributed by atoms with Crippen LogP contribution in [0.5, 0.6) is 11.5 Å². The van der Waals surface area contributed by atoms with Gasteiger partial charge in [-0.2, -0.15) is 0 Å². The number of hydrogen-bond donors (Lipinski definition) is 0. The van der Waals surface area contributed by atoms with Crippen LogP contribution in [0, 0.1) is 23.7 Å². The van der Waals surface area contributed by atoms with E-state index in [0.29, 0.717) is 36.2 Å². The van der Waals surface area contributed by atoms with Gasteiger partial charge < -0.3 is 29.1 Å². The van der Waals surface area contributed by atoms with Gasteiger partial charge in [0.25, 0.3) is 11.8 Å². The van der Waals surface area contributed by atoms with Gasteiger partial charge in [-0.1, -0.05) is 20.8 Å². The van der Waals surface area contributed by atoms with E-state index >= 15 is 0 Å². The number of carbonyl (C=O) groups is 2. The van der Waals surface area contributed by atoms with Crippen LogP contribution in [0.15, 0.2) is 48.5 Å². The highest BCUT2D eigenvalue weighted by molar-refractivity contribution is 5.94. The van der Waals surface area contributed by atoms with Gasteiger partial charge in [0.05, 0.1) is 13.2 Å². The highest BCUT2D eigenvalue weighted by Gasteiger charge is 2.25. The molecular formula is C38H58N4O4. The van der Waals surface area contributed by atoms with Crippen LogP contribution in [0.3, 0.4) is 0 Å². The Morgan fingerprint density at radius 2 is 1.13 bits per heavy atom. The van der Waals surface area contributed by atoms with Crippen molar-refractivity contribution in [2.24, 2.45) is 23.7 Å². The molecule has 8 nitrogen and oxygen atoms in total. The van der Waals surface area contributed by atoms with Gasteiger partial charge >= 0.3 is 0 Å². The normalized spacial score (nSPS) is 22.3. The fourth-order valence-corrected chi connectivity index (χ4v) is 7.27. The maximum atomic E-state index is 13.2. The summed E-state index contributed by atoms with van der Waals surface area (Å²) in [6.07, 6.45) is 5.52. The highest BCUT2D eigenvalue weighted by Crippen LogP contribution is 2.25. The van der Waals surface area contributed by atoms with E-state index in [2.05, 4.69) is 30.6 Å². The SMILES string of the molecule is C[C@@H]1C[C@H](C)CN(CCCOc2ccc(C(=O)N(C)CC[C@H]3C[C@H](C)CN(CCCOc4ccc(C(=O)N(C)C)cc4)C3)cc2)C1. The molecule has 4 rings (SSSR count). The third-order valence-corrected chi connectivity index (χ3v) is 9.37. The van der Waals surface area contributed by atoms with Crippen LogP contribution in [0.2, 0.25) is 0 Å². The largest absolute Gasteiger partial charge is 0.494 e. The zero-order valence-corrected chi connectivity index (χ0v) is 29.2. The van der Waals surface area contributed by atoms with Gasteiger partial charge in [-0.3, -0.25) is 9.59 Å². The second kappa shape index (κ2) is 17.7. The molecular weight excluding hydrogens is 576 g/mol. The van der Waals surface area contributed by atoms with Crippen LogP contribution in [0.25, 0.3) is 0 Å². The number of likely N-dealkylation sites (tertiary alicyclic amines) is 2. The molecule has 4 atom stereocenters. The van der Waals surface area contributed by atoms with Gasteiger partial charge in [-0.05, 0) is 104 Å². The number of rotatable bonds is 15. The zero-order valence-electron chi connectivity index (χ0n) is 29.2. The lowest BCUT2D eigenvalue weighted by Crippen LogP contribution is -2.41. The van der Waals surface area contributed by atoms with Gasteiger partial charge in [0.1, 0.15) is 11.5 Å². The Morgan fingerprint density at radius 3 is 1.63 bits per heavy atom. The van der Waals surface area contributed by atoms with Crippen molar-refractivity contribution in [2.45, 2.75) is 52.9 Å². The fraction of sp³-hybridized carbons (Fsp3) is 0.632. The molecule has 0 bridgehead atoms. The van der Waals surface area contributed by atoms with Gasteiger partial charge in [0.15, 0.2) is 0 Å². The molecule has 2 aromatic rings. The fourth-order valence-electron chi connectivity index (χ4n) is 7.27. The van der Waals surface area contributed by atoms with Gasteiger partial charge in [-0.15, -0.1) is 0 Å². The maximum Gasteiger partial charge on any atom is 0.253 e. The minimum absolute atomic E-state index is 0.00589. The van der Waals surface area contributed by atoms with Crippen LogP contribution in [-0.4, -0.2) is 112 Å². The number of piperidine rings is 2. The molecule has 0 aromatic heterocycles. The van der Waals surface area contributed by atoms with Crippen LogP contribution in [-0.2, 0) is 0 Å². The summed E-state index contributed by atoms with van der Waals surface area (Å²) in [5.41, 5.74) is 1.38. The predicted molar refractivity (Wildman–Crippen MR) is 186 cm³/mol. The molecule has 0 radical (unpaired) electrons. The number of carbonyl (C=O) groups excluding carboxylic acids is 2. The van der Waals surface area contributed by atoms with Crippen molar-refractivity contribution >= 4 is 11.8 Å². The maximum absolute atomic E-state index is 13.2. The van der Waals surface area contributed by atoms with E-state index in [9.17, 15) is 9.59 Å². The average Bonchev–Trinajstić information content (AvgIpc) is 3.03. The average molecular weight is 635 g/mol. The van der Waals surface area contributed by atoms with Gasteiger partial charge in [0, 0.05) is 78.1 Å². The quantitative estimate of drug-likeness (QED) is 0.223. The summed E-state index contributed by atoms with van der Waals surface area (Å²) in [7, 11) is 5.43. The van der Waals surface area contributed by atoms with Crippen molar-refractivity contribution in [3.63, 3.8) is 0 Å². The van der Waals surface area contributed by atoms with Crippen molar-refractivity contribution in [3.8, 4) is 11.5 Å². The molecule has 2 amide bonds. The number of amides is 2. The monoisotopic (exact) mass is 634 g/mol. The molecule has 2 heterocycles. The smallest absolute Gasteiger partial charge is 0.253 e. The lowest BCUT2D eigenvalue weighted by molar-refractivity contribution is 0.0757. The van der Waals surface area contributed by atoms with Crippen LogP contribution in [0.1, 0.15) is 73.6 Å². The van der Waals surface area contributed by atoms with Crippen molar-refractivity contribution in [3.05, 3.63) is 59.7 Å². The summed E-state index contributed by atoms with van der Waals surface area (Å²) in [5.74, 6) is 4.47. The first-order valence-electron chi connectivity index (χ1n) is 17.4. The molecule has 2 fully saturated rings. The van der Waals surface area contributed by atoms with E-state index in [1.807, 2.05) is 60.5 Å². The summed E-state index contributed by atoms with van der Waals surface area (Å²) in [5, 5.41) is 0. The van der Waals surface area contributed by atoms with Crippen LogP contribution < -0.4 is 9.47 Å². The summed E-state index contributed by atoms with van der Waals surface area (Å²) < 4.78 is 11.9. The third kappa shape index (κ3) is 11.3. The van der Waals surface area contributed by atoms with Gasteiger partial charge in [-0.25, -0.2) is 0 Å². The topological polar surface area (TPSA) is 65.6 Å². The van der Waals surface area contributed by atoms with Crippen molar-refractivity contribution in [2.75, 3.05) is 80.2 Å². The predicted octanol–water partition coefficient (Wildman–Crippen LogP) is 6.02. The van der Waals surface area contributed by atoms with Crippen LogP contribution in [0.4, 0.5) is 0 Å².